The molecule has 3 aliphatic heterocycles. The van der Waals surface area contributed by atoms with Crippen molar-refractivity contribution in [3.63, 3.8) is 0 Å². The second-order valence-electron chi connectivity index (χ2n) is 8.46. The molecule has 2 bridgehead atoms. The molecular weight excluding hydrogens is 348 g/mol. The second kappa shape index (κ2) is 6.97. The van der Waals surface area contributed by atoms with Crippen LogP contribution in [0.5, 0.6) is 0 Å². The summed E-state index contributed by atoms with van der Waals surface area (Å²) in [5.41, 5.74) is -0.152. The zero-order valence-corrected chi connectivity index (χ0v) is 16.4. The topological polar surface area (TPSA) is 58.6 Å². The van der Waals surface area contributed by atoms with E-state index >= 15 is 0 Å². The number of carbonyl (C=O) groups excluding carboxylic acids is 2. The highest BCUT2D eigenvalue weighted by atomic mass is 32.1. The SMILES string of the molecule is CC(C)CC(=O)N1C[C@@H]2[C@H](CNC(=O)Cc3cccs3)[C@H]3CC[C@]2(C1)O3. The van der Waals surface area contributed by atoms with Gasteiger partial charge in [0.1, 0.15) is 0 Å². The van der Waals surface area contributed by atoms with Crippen LogP contribution in [0, 0.1) is 17.8 Å². The average Bonchev–Trinajstić information content (AvgIpc) is 3.32. The summed E-state index contributed by atoms with van der Waals surface area (Å²) in [6.45, 7) is 6.35. The number of amides is 2. The number of hydrogen-bond donors (Lipinski definition) is 1. The Morgan fingerprint density at radius 3 is 3.04 bits per heavy atom. The van der Waals surface area contributed by atoms with E-state index < -0.39 is 0 Å². The van der Waals surface area contributed by atoms with E-state index in [1.165, 1.54) is 0 Å². The van der Waals surface area contributed by atoms with Crippen molar-refractivity contribution in [1.29, 1.82) is 0 Å². The molecule has 3 saturated heterocycles. The third-order valence-corrected chi connectivity index (χ3v) is 7.05. The van der Waals surface area contributed by atoms with Gasteiger partial charge in [0.05, 0.1) is 24.7 Å². The lowest BCUT2D eigenvalue weighted by Gasteiger charge is -2.29. The van der Waals surface area contributed by atoms with Crippen LogP contribution in [0.3, 0.4) is 0 Å². The van der Waals surface area contributed by atoms with Crippen molar-refractivity contribution in [2.45, 2.75) is 51.2 Å². The third-order valence-electron chi connectivity index (χ3n) is 6.17. The lowest BCUT2D eigenvalue weighted by atomic mass is 9.73. The van der Waals surface area contributed by atoms with Crippen LogP contribution in [-0.2, 0) is 20.7 Å². The van der Waals surface area contributed by atoms with Crippen molar-refractivity contribution in [1.82, 2.24) is 10.2 Å². The number of likely N-dealkylation sites (tertiary alicyclic amines) is 1. The maximum Gasteiger partial charge on any atom is 0.225 e. The van der Waals surface area contributed by atoms with Gasteiger partial charge in [0.15, 0.2) is 0 Å². The van der Waals surface area contributed by atoms with Gasteiger partial charge in [-0.05, 0) is 30.2 Å². The van der Waals surface area contributed by atoms with Crippen LogP contribution in [0.15, 0.2) is 17.5 Å². The van der Waals surface area contributed by atoms with Crippen molar-refractivity contribution in [2.75, 3.05) is 19.6 Å². The summed E-state index contributed by atoms with van der Waals surface area (Å²) < 4.78 is 6.38. The first-order chi connectivity index (χ1) is 12.5. The monoisotopic (exact) mass is 376 g/mol. The van der Waals surface area contributed by atoms with Crippen LogP contribution in [0.2, 0.25) is 0 Å². The van der Waals surface area contributed by atoms with Gasteiger partial charge in [0, 0.05) is 36.2 Å². The van der Waals surface area contributed by atoms with Gasteiger partial charge in [-0.3, -0.25) is 9.59 Å². The fourth-order valence-corrected chi connectivity index (χ4v) is 5.70. The first kappa shape index (κ1) is 18.0. The van der Waals surface area contributed by atoms with Crippen molar-refractivity contribution < 1.29 is 14.3 Å². The van der Waals surface area contributed by atoms with Crippen LogP contribution in [0.25, 0.3) is 0 Å². The first-order valence-corrected chi connectivity index (χ1v) is 10.6. The molecule has 6 heteroatoms. The van der Waals surface area contributed by atoms with E-state index in [4.69, 9.17) is 4.74 Å². The van der Waals surface area contributed by atoms with Gasteiger partial charge >= 0.3 is 0 Å². The average molecular weight is 377 g/mol. The first-order valence-electron chi connectivity index (χ1n) is 9.71. The number of rotatable bonds is 6. The maximum absolute atomic E-state index is 12.5. The van der Waals surface area contributed by atoms with Crippen LogP contribution in [-0.4, -0.2) is 48.1 Å². The molecule has 5 nitrogen and oxygen atoms in total. The van der Waals surface area contributed by atoms with E-state index in [0.29, 0.717) is 37.1 Å². The predicted octanol–water partition coefficient (Wildman–Crippen LogP) is 2.46. The number of carbonyl (C=O) groups is 2. The van der Waals surface area contributed by atoms with E-state index in [1.807, 2.05) is 22.4 Å². The summed E-state index contributed by atoms with van der Waals surface area (Å²) in [7, 11) is 0. The minimum atomic E-state index is -0.152. The van der Waals surface area contributed by atoms with Gasteiger partial charge in [-0.15, -0.1) is 11.3 Å². The predicted molar refractivity (Wildman–Crippen MR) is 101 cm³/mol. The van der Waals surface area contributed by atoms with E-state index in [1.54, 1.807) is 11.3 Å². The van der Waals surface area contributed by atoms with Crippen LogP contribution in [0.1, 0.15) is 38.0 Å². The highest BCUT2D eigenvalue weighted by molar-refractivity contribution is 7.10. The van der Waals surface area contributed by atoms with Gasteiger partial charge in [-0.1, -0.05) is 19.9 Å². The molecule has 142 valence electrons. The van der Waals surface area contributed by atoms with Crippen LogP contribution in [0.4, 0.5) is 0 Å². The molecular formula is C20H28N2O3S. The van der Waals surface area contributed by atoms with Gasteiger partial charge < -0.3 is 15.0 Å². The Hall–Kier alpha value is -1.40. The second-order valence-corrected chi connectivity index (χ2v) is 9.49. The van der Waals surface area contributed by atoms with E-state index in [0.717, 1.165) is 30.8 Å². The maximum atomic E-state index is 12.5. The summed E-state index contributed by atoms with van der Waals surface area (Å²) in [5.74, 6) is 1.39. The molecule has 0 radical (unpaired) electrons. The quantitative estimate of drug-likeness (QED) is 0.830. The molecule has 0 aromatic carbocycles. The zero-order valence-electron chi connectivity index (χ0n) is 15.6. The largest absolute Gasteiger partial charge is 0.369 e. The molecule has 0 unspecified atom stereocenters. The van der Waals surface area contributed by atoms with Crippen molar-refractivity contribution in [2.24, 2.45) is 17.8 Å². The molecule has 3 fully saturated rings. The normalized spacial score (nSPS) is 32.3. The zero-order chi connectivity index (χ0) is 18.3. The van der Waals surface area contributed by atoms with E-state index in [-0.39, 0.29) is 23.5 Å². The summed E-state index contributed by atoms with van der Waals surface area (Å²) >= 11 is 1.61. The standard InChI is InChI=1S/C20H28N2O3S/c1-13(2)8-19(24)22-11-16-15(17-5-6-20(16,12-22)25-17)10-21-18(23)9-14-4-3-7-26-14/h3-4,7,13,15-17H,5-6,8-12H2,1-2H3,(H,21,23)/t15-,16+,17+,20+/m0/s1. The minimum Gasteiger partial charge on any atom is -0.369 e. The molecule has 1 aromatic rings. The molecule has 1 aromatic heterocycles. The Labute approximate surface area is 159 Å². The summed E-state index contributed by atoms with van der Waals surface area (Å²) in [6, 6.07) is 3.97. The van der Waals surface area contributed by atoms with E-state index in [9.17, 15) is 9.59 Å². The van der Waals surface area contributed by atoms with Crippen LogP contribution < -0.4 is 5.32 Å². The lowest BCUT2D eigenvalue weighted by molar-refractivity contribution is -0.132. The molecule has 4 atom stereocenters. The number of nitrogens with one attached hydrogen (secondary N) is 1. The number of nitrogens with zero attached hydrogens (tertiary/aromatic N) is 1. The number of hydrogen-bond acceptors (Lipinski definition) is 4. The van der Waals surface area contributed by atoms with Gasteiger partial charge in [0.25, 0.3) is 0 Å². The Bertz CT molecular complexity index is 675. The lowest BCUT2D eigenvalue weighted by Crippen LogP contribution is -2.42. The number of thiophene rings is 1. The minimum absolute atomic E-state index is 0.0787. The molecule has 3 aliphatic rings. The number of fused-ring (bicyclic) bond motifs is 1. The van der Waals surface area contributed by atoms with Gasteiger partial charge in [-0.25, -0.2) is 0 Å². The molecule has 1 spiro atoms. The molecule has 1 N–H and O–H groups in total. The van der Waals surface area contributed by atoms with Crippen molar-refractivity contribution in [3.8, 4) is 0 Å². The summed E-state index contributed by atoms with van der Waals surface area (Å²) in [4.78, 5) is 27.9. The highest BCUT2D eigenvalue weighted by Crippen LogP contribution is 2.54. The highest BCUT2D eigenvalue weighted by Gasteiger charge is 2.63. The molecule has 0 saturated carbocycles. The van der Waals surface area contributed by atoms with Crippen LogP contribution >= 0.6 is 11.3 Å². The van der Waals surface area contributed by atoms with Gasteiger partial charge in [-0.2, -0.15) is 0 Å². The number of ether oxygens (including phenoxy) is 1. The summed E-state index contributed by atoms with van der Waals surface area (Å²) in [5, 5.41) is 5.12. The Balaban J connectivity index is 1.36. The molecule has 2 amide bonds. The van der Waals surface area contributed by atoms with E-state index in [2.05, 4.69) is 19.2 Å². The fraction of sp³-hybridized carbons (Fsp3) is 0.700. The Kier molecular flexibility index (Phi) is 4.82. The molecule has 0 aliphatic carbocycles. The molecule has 26 heavy (non-hydrogen) atoms. The van der Waals surface area contributed by atoms with Gasteiger partial charge in [0.2, 0.25) is 11.8 Å². The van der Waals surface area contributed by atoms with Crippen molar-refractivity contribution in [3.05, 3.63) is 22.4 Å². The third kappa shape index (κ3) is 3.29. The summed E-state index contributed by atoms with van der Waals surface area (Å²) in [6.07, 6.45) is 3.39. The smallest absolute Gasteiger partial charge is 0.225 e. The Morgan fingerprint density at radius 1 is 1.46 bits per heavy atom. The molecule has 4 rings (SSSR count). The molecule has 4 heterocycles. The fourth-order valence-electron chi connectivity index (χ4n) is 5.00. The van der Waals surface area contributed by atoms with Crippen molar-refractivity contribution >= 4 is 23.2 Å². The Morgan fingerprint density at radius 2 is 2.31 bits per heavy atom.